The Kier molecular flexibility index (Phi) is 5.50. The number of carbonyl (C=O) groups excluding carboxylic acids is 1. The summed E-state index contributed by atoms with van der Waals surface area (Å²) in [6, 6.07) is 17.1. The maximum atomic E-state index is 12.7. The minimum atomic E-state index is -0.379. The number of thiocarbonyl (C=S) groups is 1. The monoisotopic (exact) mass is 416 g/mol. The molecule has 128 valence electrons. The predicted octanol–water partition coefficient (Wildman–Crippen LogP) is 3.94. The Hall–Kier alpha value is -2.18. The van der Waals surface area contributed by atoms with Gasteiger partial charge in [-0.2, -0.15) is 0 Å². The molecule has 1 aliphatic rings. The van der Waals surface area contributed by atoms with E-state index in [1.54, 1.807) is 6.92 Å². The molecule has 0 spiro atoms. The Morgan fingerprint density at radius 3 is 2.48 bits per heavy atom. The topological polar surface area (TPSA) is 50.4 Å². The van der Waals surface area contributed by atoms with E-state index in [2.05, 4.69) is 26.6 Å². The van der Waals surface area contributed by atoms with Gasteiger partial charge in [0.25, 0.3) is 0 Å². The summed E-state index contributed by atoms with van der Waals surface area (Å²) in [6.45, 7) is 2.10. The van der Waals surface area contributed by atoms with Crippen molar-refractivity contribution < 1.29 is 9.53 Å². The molecule has 4 nitrogen and oxygen atoms in total. The van der Waals surface area contributed by atoms with Crippen molar-refractivity contribution in [3.05, 3.63) is 75.8 Å². The average Bonchev–Trinajstić information content (AvgIpc) is 2.62. The van der Waals surface area contributed by atoms with E-state index >= 15 is 0 Å². The van der Waals surface area contributed by atoms with Crippen molar-refractivity contribution in [3.63, 3.8) is 0 Å². The van der Waals surface area contributed by atoms with Gasteiger partial charge >= 0.3 is 5.97 Å². The number of halogens is 1. The fraction of sp³-hybridized carbons (Fsp3) is 0.158. The molecule has 0 radical (unpaired) electrons. The maximum Gasteiger partial charge on any atom is 0.338 e. The van der Waals surface area contributed by atoms with Crippen LogP contribution in [0.5, 0.6) is 0 Å². The number of hydrogen-bond donors (Lipinski definition) is 2. The highest BCUT2D eigenvalue weighted by atomic mass is 79.9. The van der Waals surface area contributed by atoms with Crippen LogP contribution < -0.4 is 10.6 Å². The average molecular weight is 417 g/mol. The van der Waals surface area contributed by atoms with Gasteiger partial charge in [-0.15, -0.1) is 0 Å². The first-order valence-corrected chi connectivity index (χ1v) is 9.10. The molecule has 2 aromatic carbocycles. The van der Waals surface area contributed by atoms with E-state index in [1.165, 1.54) is 0 Å². The van der Waals surface area contributed by atoms with E-state index in [1.807, 2.05) is 54.6 Å². The van der Waals surface area contributed by atoms with Crippen LogP contribution in [0.15, 0.2) is 64.6 Å². The number of nitrogens with one attached hydrogen (secondary N) is 2. The molecule has 2 aromatic rings. The summed E-state index contributed by atoms with van der Waals surface area (Å²) in [4.78, 5) is 12.7. The Labute approximate surface area is 160 Å². The lowest BCUT2D eigenvalue weighted by molar-refractivity contribution is -0.138. The molecule has 0 bridgehead atoms. The molecule has 1 heterocycles. The van der Waals surface area contributed by atoms with Crippen LogP contribution >= 0.6 is 28.1 Å². The molecule has 0 amide bonds. The van der Waals surface area contributed by atoms with Crippen LogP contribution in [0.4, 0.5) is 0 Å². The number of ether oxygens (including phenoxy) is 1. The molecule has 0 saturated carbocycles. The Morgan fingerprint density at radius 1 is 1.16 bits per heavy atom. The lowest BCUT2D eigenvalue weighted by Gasteiger charge is -2.31. The summed E-state index contributed by atoms with van der Waals surface area (Å²) in [5, 5.41) is 6.78. The molecule has 0 unspecified atom stereocenters. The highest BCUT2D eigenvalue weighted by Gasteiger charge is 2.32. The molecule has 0 aromatic heterocycles. The molecule has 1 atom stereocenters. The summed E-state index contributed by atoms with van der Waals surface area (Å²) in [7, 11) is 0. The molecule has 0 saturated heterocycles. The Morgan fingerprint density at radius 2 is 1.84 bits per heavy atom. The largest absolute Gasteiger partial charge is 0.463 e. The minimum Gasteiger partial charge on any atom is -0.463 e. The van der Waals surface area contributed by atoms with E-state index < -0.39 is 0 Å². The van der Waals surface area contributed by atoms with Gasteiger partial charge in [-0.05, 0) is 42.4 Å². The zero-order valence-electron chi connectivity index (χ0n) is 13.6. The normalized spacial score (nSPS) is 16.9. The maximum absolute atomic E-state index is 12.7. The van der Waals surface area contributed by atoms with Crippen LogP contribution in [0.1, 0.15) is 24.1 Å². The zero-order valence-corrected chi connectivity index (χ0v) is 16.0. The van der Waals surface area contributed by atoms with Crippen molar-refractivity contribution in [2.75, 3.05) is 6.61 Å². The van der Waals surface area contributed by atoms with Crippen molar-refractivity contribution >= 4 is 44.9 Å². The first kappa shape index (κ1) is 17.6. The van der Waals surface area contributed by atoms with Crippen molar-refractivity contribution in [3.8, 4) is 0 Å². The van der Waals surface area contributed by atoms with Gasteiger partial charge < -0.3 is 15.4 Å². The molecule has 2 N–H and O–H groups in total. The number of hydrogen-bond acceptors (Lipinski definition) is 3. The Balaban J connectivity index is 2.16. The second kappa shape index (κ2) is 7.80. The minimum absolute atomic E-state index is 0.307. The molecule has 25 heavy (non-hydrogen) atoms. The van der Waals surface area contributed by atoms with Crippen molar-refractivity contribution in [1.29, 1.82) is 0 Å². The quantitative estimate of drug-likeness (QED) is 0.583. The molecule has 0 aliphatic carbocycles. The summed E-state index contributed by atoms with van der Waals surface area (Å²) >= 11 is 8.81. The van der Waals surface area contributed by atoms with Crippen LogP contribution in [-0.4, -0.2) is 17.7 Å². The van der Waals surface area contributed by atoms with Crippen molar-refractivity contribution in [2.24, 2.45) is 0 Å². The zero-order chi connectivity index (χ0) is 17.8. The predicted molar refractivity (Wildman–Crippen MR) is 106 cm³/mol. The molecular formula is C19H17BrN2O2S. The second-order valence-corrected chi connectivity index (χ2v) is 6.78. The third-order valence-corrected chi connectivity index (χ3v) is 4.58. The van der Waals surface area contributed by atoms with E-state index in [4.69, 9.17) is 17.0 Å². The standard InChI is InChI=1S/C19H17BrN2O2S/c1-2-24-18(23)15-16(12-6-4-3-5-7-12)21-19(25)22-17(15)13-8-10-14(20)11-9-13/h3-11,17H,2H2,1H3,(H2,21,22,25)/t17-/m0/s1. The van der Waals surface area contributed by atoms with Gasteiger partial charge in [-0.25, -0.2) is 4.79 Å². The van der Waals surface area contributed by atoms with Crippen molar-refractivity contribution in [1.82, 2.24) is 10.6 Å². The van der Waals surface area contributed by atoms with Gasteiger partial charge in [0.1, 0.15) is 0 Å². The fourth-order valence-corrected chi connectivity index (χ4v) is 3.22. The van der Waals surface area contributed by atoms with Gasteiger partial charge in [0.05, 0.1) is 23.9 Å². The first-order valence-electron chi connectivity index (χ1n) is 7.90. The molecule has 1 aliphatic heterocycles. The molecule has 0 fully saturated rings. The number of esters is 1. The number of carbonyl (C=O) groups is 1. The van der Waals surface area contributed by atoms with Crippen LogP contribution in [0, 0.1) is 0 Å². The number of benzene rings is 2. The van der Waals surface area contributed by atoms with Crippen LogP contribution in [0.3, 0.4) is 0 Å². The van der Waals surface area contributed by atoms with E-state index in [-0.39, 0.29) is 12.0 Å². The first-order chi connectivity index (χ1) is 12.1. The Bertz CT molecular complexity index is 819. The SMILES string of the molecule is CCOC(=O)C1=C(c2ccccc2)NC(=S)N[C@H]1c1ccc(Br)cc1. The van der Waals surface area contributed by atoms with Gasteiger partial charge in [0, 0.05) is 4.47 Å². The van der Waals surface area contributed by atoms with Crippen LogP contribution in [-0.2, 0) is 9.53 Å². The summed E-state index contributed by atoms with van der Waals surface area (Å²) in [5.74, 6) is -0.364. The number of rotatable bonds is 4. The molecular weight excluding hydrogens is 400 g/mol. The van der Waals surface area contributed by atoms with Crippen LogP contribution in [0.2, 0.25) is 0 Å². The van der Waals surface area contributed by atoms with E-state index in [9.17, 15) is 4.79 Å². The third-order valence-electron chi connectivity index (χ3n) is 3.83. The molecule has 6 heteroatoms. The van der Waals surface area contributed by atoms with Gasteiger partial charge in [-0.1, -0.05) is 58.4 Å². The van der Waals surface area contributed by atoms with E-state index in [0.29, 0.717) is 23.0 Å². The third kappa shape index (κ3) is 3.91. The highest BCUT2D eigenvalue weighted by Crippen LogP contribution is 2.32. The lowest BCUT2D eigenvalue weighted by atomic mass is 9.93. The van der Waals surface area contributed by atoms with Gasteiger partial charge in [0.2, 0.25) is 0 Å². The van der Waals surface area contributed by atoms with Gasteiger partial charge in [0.15, 0.2) is 5.11 Å². The lowest BCUT2D eigenvalue weighted by Crippen LogP contribution is -2.45. The van der Waals surface area contributed by atoms with Gasteiger partial charge in [-0.3, -0.25) is 0 Å². The smallest absolute Gasteiger partial charge is 0.338 e. The fourth-order valence-electron chi connectivity index (χ4n) is 2.73. The summed E-state index contributed by atoms with van der Waals surface area (Å²) in [6.07, 6.45) is 0. The van der Waals surface area contributed by atoms with Crippen LogP contribution in [0.25, 0.3) is 5.70 Å². The summed E-state index contributed by atoms with van der Waals surface area (Å²) in [5.41, 5.74) is 3.01. The highest BCUT2D eigenvalue weighted by molar-refractivity contribution is 9.10. The van der Waals surface area contributed by atoms with Crippen molar-refractivity contribution in [2.45, 2.75) is 13.0 Å². The summed E-state index contributed by atoms with van der Waals surface area (Å²) < 4.78 is 6.28. The molecule has 3 rings (SSSR count). The van der Waals surface area contributed by atoms with E-state index in [0.717, 1.165) is 15.6 Å². The second-order valence-electron chi connectivity index (χ2n) is 5.46.